The second-order valence-electron chi connectivity index (χ2n) is 8.14. The topological polar surface area (TPSA) is 86.5 Å². The van der Waals surface area contributed by atoms with Gasteiger partial charge in [-0.05, 0) is 25.1 Å². The van der Waals surface area contributed by atoms with Gasteiger partial charge in [0.05, 0.1) is 6.54 Å². The SMILES string of the molecule is C[C@@H](N1CCN(C(=O)Nc2ccccc2)CC1)[C@](O)(Cn1cncn1)c1ccc(F)cc1F. The molecule has 0 spiro atoms. The third-order valence-electron chi connectivity index (χ3n) is 6.13. The van der Waals surface area contributed by atoms with Gasteiger partial charge in [0.25, 0.3) is 0 Å². The molecule has 1 saturated heterocycles. The highest BCUT2D eigenvalue weighted by Crippen LogP contribution is 2.33. The van der Waals surface area contributed by atoms with E-state index in [4.69, 9.17) is 0 Å². The predicted octanol–water partition coefficient (Wildman–Crippen LogP) is 2.68. The first-order chi connectivity index (χ1) is 15.9. The van der Waals surface area contributed by atoms with Crippen LogP contribution in [-0.2, 0) is 12.1 Å². The van der Waals surface area contributed by atoms with Gasteiger partial charge in [0.1, 0.15) is 29.9 Å². The molecule has 4 rings (SSSR count). The van der Waals surface area contributed by atoms with E-state index in [1.54, 1.807) is 11.8 Å². The molecule has 2 atom stereocenters. The number of hydrogen-bond donors (Lipinski definition) is 2. The van der Waals surface area contributed by atoms with Crippen molar-refractivity contribution in [3.05, 3.63) is 78.4 Å². The normalized spacial score (nSPS) is 17.4. The Balaban J connectivity index is 1.49. The second kappa shape index (κ2) is 9.63. The first-order valence-corrected chi connectivity index (χ1v) is 10.7. The number of anilines is 1. The molecule has 8 nitrogen and oxygen atoms in total. The van der Waals surface area contributed by atoms with E-state index in [-0.39, 0.29) is 18.1 Å². The Kier molecular flexibility index (Phi) is 6.66. The van der Waals surface area contributed by atoms with E-state index < -0.39 is 23.3 Å². The van der Waals surface area contributed by atoms with Crippen molar-refractivity contribution in [2.24, 2.45) is 0 Å². The molecule has 1 aromatic heterocycles. The molecule has 0 aliphatic carbocycles. The lowest BCUT2D eigenvalue weighted by atomic mass is 9.85. The zero-order valence-corrected chi connectivity index (χ0v) is 18.2. The summed E-state index contributed by atoms with van der Waals surface area (Å²) in [5.41, 5.74) is -1.01. The molecule has 0 saturated carbocycles. The van der Waals surface area contributed by atoms with E-state index in [2.05, 4.69) is 15.4 Å². The van der Waals surface area contributed by atoms with Crippen LogP contribution in [0.1, 0.15) is 12.5 Å². The fourth-order valence-electron chi connectivity index (χ4n) is 4.18. The van der Waals surface area contributed by atoms with Crippen molar-refractivity contribution < 1.29 is 18.7 Å². The molecule has 3 aromatic rings. The first kappa shape index (κ1) is 22.8. The van der Waals surface area contributed by atoms with Crippen molar-refractivity contribution in [2.75, 3.05) is 31.5 Å². The highest BCUT2D eigenvalue weighted by atomic mass is 19.1. The lowest BCUT2D eigenvalue weighted by molar-refractivity contribution is -0.0711. The molecule has 2 amide bonds. The van der Waals surface area contributed by atoms with Crippen molar-refractivity contribution >= 4 is 11.7 Å². The number of urea groups is 1. The Morgan fingerprint density at radius 1 is 1.15 bits per heavy atom. The van der Waals surface area contributed by atoms with E-state index in [1.807, 2.05) is 35.2 Å². The largest absolute Gasteiger partial charge is 0.381 e. The van der Waals surface area contributed by atoms with Crippen molar-refractivity contribution in [1.82, 2.24) is 24.6 Å². The molecule has 1 aliphatic rings. The number of aromatic nitrogens is 3. The number of hydrogen-bond acceptors (Lipinski definition) is 5. The number of para-hydroxylation sites is 1. The second-order valence-corrected chi connectivity index (χ2v) is 8.14. The maximum Gasteiger partial charge on any atom is 0.321 e. The van der Waals surface area contributed by atoms with Gasteiger partial charge >= 0.3 is 6.03 Å². The summed E-state index contributed by atoms with van der Waals surface area (Å²) < 4.78 is 29.7. The van der Waals surface area contributed by atoms with Crippen LogP contribution < -0.4 is 5.32 Å². The number of rotatable bonds is 6. The summed E-state index contributed by atoms with van der Waals surface area (Å²) in [4.78, 5) is 20.2. The molecule has 0 unspecified atom stereocenters. The molecule has 174 valence electrons. The van der Waals surface area contributed by atoms with E-state index >= 15 is 0 Å². The third kappa shape index (κ3) is 5.01. The molecule has 1 fully saturated rings. The standard InChI is InChI=1S/C23H26F2N6O2/c1-17(29-9-11-30(12-10-29)22(32)28-19-5-3-2-4-6-19)23(33,14-31-16-26-15-27-31)20-8-7-18(24)13-21(20)25/h2-8,13,15-17,33H,9-12,14H2,1H3,(H,28,32)/t17-,23-/m1/s1. The summed E-state index contributed by atoms with van der Waals surface area (Å²) in [5, 5.41) is 18.6. The van der Waals surface area contributed by atoms with Crippen LogP contribution in [0.25, 0.3) is 0 Å². The summed E-state index contributed by atoms with van der Waals surface area (Å²) in [6, 6.07) is 11.6. The van der Waals surface area contributed by atoms with Gasteiger partial charge in [0, 0.05) is 49.5 Å². The Morgan fingerprint density at radius 2 is 1.88 bits per heavy atom. The molecular formula is C23H26F2N6O2. The maximum absolute atomic E-state index is 14.8. The maximum atomic E-state index is 14.8. The molecule has 10 heteroatoms. The Morgan fingerprint density at radius 3 is 2.52 bits per heavy atom. The fourth-order valence-corrected chi connectivity index (χ4v) is 4.18. The Labute approximate surface area is 190 Å². The van der Waals surface area contributed by atoms with E-state index in [0.29, 0.717) is 31.9 Å². The van der Waals surface area contributed by atoms with Crippen molar-refractivity contribution in [2.45, 2.75) is 25.1 Å². The van der Waals surface area contributed by atoms with Gasteiger partial charge in [-0.25, -0.2) is 23.2 Å². The van der Waals surface area contributed by atoms with Gasteiger partial charge in [-0.2, -0.15) is 5.10 Å². The molecular weight excluding hydrogens is 430 g/mol. The zero-order valence-electron chi connectivity index (χ0n) is 18.2. The van der Waals surface area contributed by atoms with Gasteiger partial charge in [0.2, 0.25) is 0 Å². The summed E-state index contributed by atoms with van der Waals surface area (Å²) in [6.45, 7) is 3.56. The average molecular weight is 456 g/mol. The van der Waals surface area contributed by atoms with Gasteiger partial charge in [0.15, 0.2) is 0 Å². The number of halogens is 2. The van der Waals surface area contributed by atoms with Crippen LogP contribution in [0.4, 0.5) is 19.3 Å². The smallest absolute Gasteiger partial charge is 0.321 e. The molecule has 0 bridgehead atoms. The molecule has 0 radical (unpaired) electrons. The number of amides is 2. The number of nitrogens with zero attached hydrogens (tertiary/aromatic N) is 5. The number of aliphatic hydroxyl groups is 1. The molecule has 33 heavy (non-hydrogen) atoms. The Hall–Kier alpha value is -3.37. The van der Waals surface area contributed by atoms with Gasteiger partial charge in [-0.3, -0.25) is 4.90 Å². The third-order valence-corrected chi connectivity index (χ3v) is 6.13. The minimum Gasteiger partial charge on any atom is -0.381 e. The lowest BCUT2D eigenvalue weighted by Gasteiger charge is -2.44. The van der Waals surface area contributed by atoms with Crippen molar-refractivity contribution in [3.8, 4) is 0 Å². The van der Waals surface area contributed by atoms with Gasteiger partial charge in [-0.1, -0.05) is 24.3 Å². The van der Waals surface area contributed by atoms with E-state index in [1.165, 1.54) is 23.4 Å². The Bertz CT molecular complexity index is 1070. The molecule has 1 aliphatic heterocycles. The van der Waals surface area contributed by atoms with Crippen LogP contribution >= 0.6 is 0 Å². The number of benzene rings is 2. The number of nitrogens with one attached hydrogen (secondary N) is 1. The van der Waals surface area contributed by atoms with Crippen molar-refractivity contribution in [3.63, 3.8) is 0 Å². The van der Waals surface area contributed by atoms with Crippen LogP contribution in [-0.4, -0.2) is 67.9 Å². The number of carbonyl (C=O) groups is 1. The van der Waals surface area contributed by atoms with Crippen LogP contribution in [0.2, 0.25) is 0 Å². The average Bonchev–Trinajstić information content (AvgIpc) is 3.32. The molecule has 2 heterocycles. The fraction of sp³-hybridized carbons (Fsp3) is 0.348. The summed E-state index contributed by atoms with van der Waals surface area (Å²) in [7, 11) is 0. The van der Waals surface area contributed by atoms with E-state index in [0.717, 1.165) is 12.1 Å². The van der Waals surface area contributed by atoms with Crippen LogP contribution in [0.3, 0.4) is 0 Å². The zero-order chi connectivity index (χ0) is 23.4. The van der Waals surface area contributed by atoms with Gasteiger partial charge in [-0.15, -0.1) is 0 Å². The predicted molar refractivity (Wildman–Crippen MR) is 118 cm³/mol. The number of piperazine rings is 1. The summed E-state index contributed by atoms with van der Waals surface area (Å²) in [6.07, 6.45) is 2.77. The minimum atomic E-state index is -1.71. The number of carbonyl (C=O) groups excluding carboxylic acids is 1. The minimum absolute atomic E-state index is 0.0175. The molecule has 2 N–H and O–H groups in total. The van der Waals surface area contributed by atoms with Crippen molar-refractivity contribution in [1.29, 1.82) is 0 Å². The summed E-state index contributed by atoms with van der Waals surface area (Å²) in [5.74, 6) is -1.55. The molecule has 2 aromatic carbocycles. The lowest BCUT2D eigenvalue weighted by Crippen LogP contribution is -2.58. The highest BCUT2D eigenvalue weighted by Gasteiger charge is 2.43. The van der Waals surface area contributed by atoms with Crippen LogP contribution in [0.15, 0.2) is 61.2 Å². The quantitative estimate of drug-likeness (QED) is 0.596. The van der Waals surface area contributed by atoms with Crippen LogP contribution in [0.5, 0.6) is 0 Å². The first-order valence-electron chi connectivity index (χ1n) is 10.7. The van der Waals surface area contributed by atoms with Crippen LogP contribution in [0, 0.1) is 11.6 Å². The van der Waals surface area contributed by atoms with E-state index in [9.17, 15) is 18.7 Å². The monoisotopic (exact) mass is 456 g/mol. The van der Waals surface area contributed by atoms with Gasteiger partial charge < -0.3 is 15.3 Å². The highest BCUT2D eigenvalue weighted by molar-refractivity contribution is 5.89. The summed E-state index contributed by atoms with van der Waals surface area (Å²) >= 11 is 0.